The van der Waals surface area contributed by atoms with Gasteiger partial charge in [-0.25, -0.2) is 15.3 Å². The van der Waals surface area contributed by atoms with Crippen molar-refractivity contribution >= 4 is 46.7 Å². The number of carbonyl (C=O) groups is 3. The quantitative estimate of drug-likeness (QED) is 0.187. The first-order chi connectivity index (χ1) is 18.2. The summed E-state index contributed by atoms with van der Waals surface area (Å²) in [6.07, 6.45) is 0.200. The van der Waals surface area contributed by atoms with Crippen LogP contribution in [0.3, 0.4) is 0 Å². The molecule has 0 spiro atoms. The average molecular weight is 558 g/mol. The molecule has 4 amide bonds. The van der Waals surface area contributed by atoms with Crippen LogP contribution in [0.4, 0.5) is 10.5 Å². The minimum absolute atomic E-state index is 0.181. The van der Waals surface area contributed by atoms with E-state index in [1.54, 1.807) is 66.1 Å². The van der Waals surface area contributed by atoms with Gasteiger partial charge in [-0.15, -0.1) is 0 Å². The van der Waals surface area contributed by atoms with Crippen LogP contribution in [-0.2, 0) is 21.7 Å². The Balaban J connectivity index is 1.57. The number of rotatable bonds is 8. The second kappa shape index (κ2) is 11.7. The SMILES string of the molecule is CC(C(=O)NO)N1CCC(NC(=O)Nc2ccccc2)(c2ccc(OCc3cc(Cl)nc(Cl)c3)cc2)C1=O. The largest absolute Gasteiger partial charge is 0.489 e. The van der Waals surface area contributed by atoms with E-state index in [2.05, 4.69) is 15.6 Å². The highest BCUT2D eigenvalue weighted by atomic mass is 35.5. The van der Waals surface area contributed by atoms with Crippen LogP contribution in [0.15, 0.2) is 66.7 Å². The summed E-state index contributed by atoms with van der Waals surface area (Å²) in [6.45, 7) is 1.86. The van der Waals surface area contributed by atoms with Gasteiger partial charge >= 0.3 is 6.03 Å². The number of aromatic nitrogens is 1. The molecule has 0 radical (unpaired) electrons. The zero-order valence-electron chi connectivity index (χ0n) is 20.3. The van der Waals surface area contributed by atoms with E-state index in [1.807, 2.05) is 6.07 Å². The maximum Gasteiger partial charge on any atom is 0.320 e. The molecule has 0 aliphatic carbocycles. The molecule has 12 heteroatoms. The summed E-state index contributed by atoms with van der Waals surface area (Å²) in [4.78, 5) is 43.9. The number of amides is 4. The number of urea groups is 1. The number of hydrogen-bond donors (Lipinski definition) is 4. The molecule has 2 atom stereocenters. The predicted molar refractivity (Wildman–Crippen MR) is 141 cm³/mol. The van der Waals surface area contributed by atoms with Crippen molar-refractivity contribution in [2.24, 2.45) is 0 Å². The van der Waals surface area contributed by atoms with Gasteiger partial charge in [-0.3, -0.25) is 14.8 Å². The van der Waals surface area contributed by atoms with E-state index in [0.717, 1.165) is 5.56 Å². The monoisotopic (exact) mass is 557 g/mol. The Hall–Kier alpha value is -3.86. The Morgan fingerprint density at radius 3 is 2.39 bits per heavy atom. The highest BCUT2D eigenvalue weighted by molar-refractivity contribution is 6.32. The van der Waals surface area contributed by atoms with Gasteiger partial charge in [-0.1, -0.05) is 53.5 Å². The average Bonchev–Trinajstić information content (AvgIpc) is 3.23. The first kappa shape index (κ1) is 27.2. The van der Waals surface area contributed by atoms with Crippen molar-refractivity contribution in [1.82, 2.24) is 20.7 Å². The summed E-state index contributed by atoms with van der Waals surface area (Å²) < 4.78 is 5.82. The van der Waals surface area contributed by atoms with Crippen molar-refractivity contribution in [3.05, 3.63) is 88.2 Å². The van der Waals surface area contributed by atoms with Crippen LogP contribution in [0, 0.1) is 0 Å². The molecule has 3 aromatic rings. The number of carbonyl (C=O) groups excluding carboxylic acids is 3. The molecular formula is C26H25Cl2N5O5. The van der Waals surface area contributed by atoms with E-state index in [1.165, 1.54) is 11.8 Å². The van der Waals surface area contributed by atoms with Crippen molar-refractivity contribution in [2.45, 2.75) is 31.5 Å². The summed E-state index contributed by atoms with van der Waals surface area (Å²) in [5.41, 5.74) is 1.91. The first-order valence-corrected chi connectivity index (χ1v) is 12.4. The lowest BCUT2D eigenvalue weighted by molar-refractivity contribution is -0.143. The highest BCUT2D eigenvalue weighted by Gasteiger charge is 2.51. The standard InChI is InChI=1S/C26H25Cl2N5O5/c1-16(23(34)32-37)33-12-11-26(24(33)35,31-25(36)29-19-5-3-2-4-6-19)18-7-9-20(10-8-18)38-15-17-13-21(27)30-22(28)14-17/h2-10,13-14,16,37H,11-12,15H2,1H3,(H,32,34)(H2,29,31,36). The molecule has 2 aromatic carbocycles. The predicted octanol–water partition coefficient (Wildman–Crippen LogP) is 4.11. The van der Waals surface area contributed by atoms with Gasteiger partial charge in [-0.05, 0) is 54.4 Å². The summed E-state index contributed by atoms with van der Waals surface area (Å²) in [7, 11) is 0. The number of anilines is 1. The summed E-state index contributed by atoms with van der Waals surface area (Å²) >= 11 is 11.9. The minimum atomic E-state index is -1.45. The van der Waals surface area contributed by atoms with Crippen molar-refractivity contribution in [1.29, 1.82) is 0 Å². The number of ether oxygens (including phenoxy) is 1. The molecule has 1 aliphatic rings. The molecule has 4 N–H and O–H groups in total. The van der Waals surface area contributed by atoms with Crippen molar-refractivity contribution < 1.29 is 24.3 Å². The van der Waals surface area contributed by atoms with Crippen LogP contribution in [0.2, 0.25) is 10.3 Å². The van der Waals surface area contributed by atoms with Gasteiger partial charge in [0.05, 0.1) is 0 Å². The number of hydrogen-bond acceptors (Lipinski definition) is 6. The van der Waals surface area contributed by atoms with Gasteiger partial charge in [-0.2, -0.15) is 0 Å². The molecule has 0 bridgehead atoms. The Morgan fingerprint density at radius 2 is 1.76 bits per heavy atom. The normalized spacial score (nSPS) is 17.6. The number of benzene rings is 2. The third-order valence-corrected chi connectivity index (χ3v) is 6.63. The summed E-state index contributed by atoms with van der Waals surface area (Å²) in [5.74, 6) is -0.702. The number of pyridine rings is 1. The van der Waals surface area contributed by atoms with E-state index in [4.69, 9.17) is 33.1 Å². The van der Waals surface area contributed by atoms with Gasteiger partial charge in [0.15, 0.2) is 0 Å². The third kappa shape index (κ3) is 5.99. The molecule has 1 aliphatic heterocycles. The first-order valence-electron chi connectivity index (χ1n) is 11.7. The molecule has 1 aromatic heterocycles. The third-order valence-electron chi connectivity index (χ3n) is 6.24. The summed E-state index contributed by atoms with van der Waals surface area (Å²) in [5, 5.41) is 15.1. The topological polar surface area (TPSA) is 133 Å². The van der Waals surface area contributed by atoms with Crippen molar-refractivity contribution in [3.63, 3.8) is 0 Å². The van der Waals surface area contributed by atoms with E-state index in [-0.39, 0.29) is 29.9 Å². The molecule has 198 valence electrons. The maximum atomic E-state index is 13.7. The fraction of sp³-hybridized carbons (Fsp3) is 0.231. The number of likely N-dealkylation sites (tertiary alicyclic amines) is 1. The maximum absolute atomic E-state index is 13.7. The lowest BCUT2D eigenvalue weighted by atomic mass is 9.88. The zero-order valence-corrected chi connectivity index (χ0v) is 21.8. The second-order valence-corrected chi connectivity index (χ2v) is 9.46. The molecule has 10 nitrogen and oxygen atoms in total. The Morgan fingerprint density at radius 1 is 1.11 bits per heavy atom. The molecule has 4 rings (SSSR count). The van der Waals surface area contributed by atoms with Gasteiger partial charge in [0, 0.05) is 18.7 Å². The molecule has 2 unspecified atom stereocenters. The van der Waals surface area contributed by atoms with Crippen LogP contribution in [0.5, 0.6) is 5.75 Å². The number of nitrogens with zero attached hydrogens (tertiary/aromatic N) is 2. The fourth-order valence-corrected chi connectivity index (χ4v) is 4.79. The van der Waals surface area contributed by atoms with Crippen LogP contribution >= 0.6 is 23.2 Å². The van der Waals surface area contributed by atoms with E-state index < -0.39 is 29.4 Å². The zero-order chi connectivity index (χ0) is 27.3. The lowest BCUT2D eigenvalue weighted by Gasteiger charge is -2.31. The van der Waals surface area contributed by atoms with Crippen LogP contribution in [-0.4, -0.2) is 45.5 Å². The number of nitrogens with one attached hydrogen (secondary N) is 3. The molecule has 38 heavy (non-hydrogen) atoms. The van der Waals surface area contributed by atoms with Crippen LogP contribution in [0.25, 0.3) is 0 Å². The fourth-order valence-electron chi connectivity index (χ4n) is 4.28. The van der Waals surface area contributed by atoms with Gasteiger partial charge in [0.2, 0.25) is 0 Å². The van der Waals surface area contributed by atoms with Gasteiger partial charge < -0.3 is 20.3 Å². The highest BCUT2D eigenvalue weighted by Crippen LogP contribution is 2.36. The van der Waals surface area contributed by atoms with Gasteiger partial charge in [0.25, 0.3) is 11.8 Å². The van der Waals surface area contributed by atoms with E-state index >= 15 is 0 Å². The lowest BCUT2D eigenvalue weighted by Crippen LogP contribution is -2.55. The summed E-state index contributed by atoms with van der Waals surface area (Å²) in [6, 6.07) is 17.3. The van der Waals surface area contributed by atoms with E-state index in [0.29, 0.717) is 17.0 Å². The molecule has 1 saturated heterocycles. The molecule has 1 fully saturated rings. The van der Waals surface area contributed by atoms with E-state index in [9.17, 15) is 14.4 Å². The number of hydroxylamine groups is 1. The number of para-hydroxylation sites is 1. The number of halogens is 2. The molecular weight excluding hydrogens is 533 g/mol. The second-order valence-electron chi connectivity index (χ2n) is 8.68. The van der Waals surface area contributed by atoms with Gasteiger partial charge in [0.1, 0.15) is 34.2 Å². The van der Waals surface area contributed by atoms with Crippen LogP contribution < -0.4 is 20.9 Å². The minimum Gasteiger partial charge on any atom is -0.489 e. The van der Waals surface area contributed by atoms with Crippen molar-refractivity contribution in [3.8, 4) is 5.75 Å². The Kier molecular flexibility index (Phi) is 8.35. The Labute approximate surface area is 228 Å². The Bertz CT molecular complexity index is 1310. The smallest absolute Gasteiger partial charge is 0.320 e. The van der Waals surface area contributed by atoms with Crippen molar-refractivity contribution in [2.75, 3.05) is 11.9 Å². The molecule has 0 saturated carbocycles. The molecule has 2 heterocycles. The van der Waals surface area contributed by atoms with Crippen LogP contribution in [0.1, 0.15) is 24.5 Å².